The largest absolute Gasteiger partial charge is 0.497 e. The van der Waals surface area contributed by atoms with Gasteiger partial charge in [0.1, 0.15) is 11.5 Å². The molecule has 1 aliphatic heterocycles. The molecule has 1 aromatic heterocycles. The van der Waals surface area contributed by atoms with Gasteiger partial charge in [-0.25, -0.2) is 0 Å². The first kappa shape index (κ1) is 22.5. The van der Waals surface area contributed by atoms with Crippen molar-refractivity contribution in [1.82, 2.24) is 15.2 Å². The SMILES string of the molecule is CN1C=CC1.COc1cc(C2(NC(=O)c3cc(OC)c(N)cc3C)CC2)c2cccnc2c1. The molecule has 7 nitrogen and oxygen atoms in total. The van der Waals surface area contributed by atoms with Crippen LogP contribution in [0.15, 0.2) is 54.9 Å². The zero-order valence-corrected chi connectivity index (χ0v) is 19.5. The lowest BCUT2D eigenvalue weighted by atomic mass is 9.97. The summed E-state index contributed by atoms with van der Waals surface area (Å²) >= 11 is 0. The lowest BCUT2D eigenvalue weighted by Crippen LogP contribution is -2.35. The molecule has 3 aromatic rings. The molecule has 0 spiro atoms. The zero-order chi connectivity index (χ0) is 23.6. The standard InChI is InChI=1S/C22H23N3O3.C4H7N/c1-13-9-18(23)20(28-3)12-16(13)21(26)25-22(6-7-22)17-10-14(27-2)11-19-15(17)5-4-8-24-19;1-5-3-2-4-5/h4-5,8-12H,6-7,23H2,1-3H3,(H,25,26);2-3H,4H2,1H3. The highest BCUT2D eigenvalue weighted by molar-refractivity contribution is 5.98. The molecule has 0 radical (unpaired) electrons. The number of nitrogen functional groups attached to an aromatic ring is 1. The maximum absolute atomic E-state index is 13.1. The fourth-order valence-corrected chi connectivity index (χ4v) is 3.99. The van der Waals surface area contributed by atoms with Crippen molar-refractivity contribution in [3.8, 4) is 11.5 Å². The van der Waals surface area contributed by atoms with E-state index >= 15 is 0 Å². The number of aromatic nitrogens is 1. The minimum absolute atomic E-state index is 0.145. The second-order valence-electron chi connectivity index (χ2n) is 8.51. The summed E-state index contributed by atoms with van der Waals surface area (Å²) < 4.78 is 10.7. The second-order valence-corrected chi connectivity index (χ2v) is 8.51. The number of benzene rings is 2. The van der Waals surface area contributed by atoms with Gasteiger partial charge in [-0.15, -0.1) is 0 Å². The molecule has 172 valence electrons. The topological polar surface area (TPSA) is 89.7 Å². The smallest absolute Gasteiger partial charge is 0.252 e. The number of aryl methyl sites for hydroxylation is 1. The maximum Gasteiger partial charge on any atom is 0.252 e. The average Bonchev–Trinajstić information content (AvgIpc) is 3.57. The number of pyridine rings is 1. The number of hydrogen-bond donors (Lipinski definition) is 2. The molecule has 1 amide bonds. The van der Waals surface area contributed by atoms with Gasteiger partial charge >= 0.3 is 0 Å². The molecule has 2 heterocycles. The van der Waals surface area contributed by atoms with Gasteiger partial charge < -0.3 is 25.4 Å². The van der Waals surface area contributed by atoms with Crippen LogP contribution in [0.2, 0.25) is 0 Å². The average molecular weight is 447 g/mol. The summed E-state index contributed by atoms with van der Waals surface area (Å²) in [6, 6.07) is 11.3. The molecule has 0 unspecified atom stereocenters. The molecule has 7 heteroatoms. The van der Waals surface area contributed by atoms with Crippen LogP contribution in [0.25, 0.3) is 10.9 Å². The number of carbonyl (C=O) groups is 1. The highest BCUT2D eigenvalue weighted by atomic mass is 16.5. The van der Waals surface area contributed by atoms with Crippen LogP contribution in [0.5, 0.6) is 11.5 Å². The first-order valence-electron chi connectivity index (χ1n) is 10.9. The molecule has 33 heavy (non-hydrogen) atoms. The predicted octanol–water partition coefficient (Wildman–Crippen LogP) is 4.01. The van der Waals surface area contributed by atoms with E-state index in [-0.39, 0.29) is 5.91 Å². The van der Waals surface area contributed by atoms with Gasteiger partial charge in [-0.3, -0.25) is 9.78 Å². The van der Waals surface area contributed by atoms with Gasteiger partial charge in [0.05, 0.1) is 31.0 Å². The molecule has 1 aliphatic carbocycles. The van der Waals surface area contributed by atoms with Gasteiger partial charge in [0.2, 0.25) is 0 Å². The first-order chi connectivity index (χ1) is 15.9. The van der Waals surface area contributed by atoms with E-state index in [9.17, 15) is 4.79 Å². The number of rotatable bonds is 5. The third-order valence-corrected chi connectivity index (χ3v) is 6.12. The van der Waals surface area contributed by atoms with Gasteiger partial charge in [0.15, 0.2) is 0 Å². The number of methoxy groups -OCH3 is 2. The highest BCUT2D eigenvalue weighted by Crippen LogP contribution is 2.49. The minimum Gasteiger partial charge on any atom is -0.497 e. The quantitative estimate of drug-likeness (QED) is 0.576. The Labute approximate surface area is 194 Å². The summed E-state index contributed by atoms with van der Waals surface area (Å²) in [5, 5.41) is 4.26. The molecule has 0 bridgehead atoms. The summed E-state index contributed by atoms with van der Waals surface area (Å²) in [6.07, 6.45) is 7.66. The van der Waals surface area contributed by atoms with Crippen molar-refractivity contribution in [2.75, 3.05) is 33.5 Å². The molecule has 0 saturated heterocycles. The number of anilines is 1. The molecular formula is C26H30N4O3. The van der Waals surface area contributed by atoms with Crippen molar-refractivity contribution >= 4 is 22.5 Å². The van der Waals surface area contributed by atoms with Crippen LogP contribution in [0, 0.1) is 6.92 Å². The summed E-state index contributed by atoms with van der Waals surface area (Å²) in [4.78, 5) is 19.7. The number of carbonyl (C=O) groups excluding carboxylic acids is 1. The van der Waals surface area contributed by atoms with Crippen LogP contribution >= 0.6 is 0 Å². The van der Waals surface area contributed by atoms with Gasteiger partial charge in [0, 0.05) is 36.8 Å². The van der Waals surface area contributed by atoms with Crippen LogP contribution in [-0.4, -0.2) is 43.6 Å². The normalized spacial score (nSPS) is 15.2. The number of nitrogens with one attached hydrogen (secondary N) is 1. The van der Waals surface area contributed by atoms with Crippen molar-refractivity contribution < 1.29 is 14.3 Å². The molecule has 2 aromatic carbocycles. The van der Waals surface area contributed by atoms with Crippen molar-refractivity contribution in [3.05, 3.63) is 71.6 Å². The number of nitrogens with zero attached hydrogens (tertiary/aromatic N) is 2. The van der Waals surface area contributed by atoms with Crippen LogP contribution < -0.4 is 20.5 Å². The second kappa shape index (κ2) is 9.02. The van der Waals surface area contributed by atoms with E-state index in [1.807, 2.05) is 31.2 Å². The van der Waals surface area contributed by atoms with Gasteiger partial charge in [-0.1, -0.05) is 6.07 Å². The van der Waals surface area contributed by atoms with E-state index in [1.54, 1.807) is 32.5 Å². The third kappa shape index (κ3) is 4.58. The monoisotopic (exact) mass is 446 g/mol. The Hall–Kier alpha value is -3.74. The van der Waals surface area contributed by atoms with Crippen molar-refractivity contribution in [2.24, 2.45) is 0 Å². The van der Waals surface area contributed by atoms with Crippen LogP contribution in [0.1, 0.15) is 34.3 Å². The molecule has 5 rings (SSSR count). The number of likely N-dealkylation sites (N-methyl/N-ethyl adjacent to an activating group) is 1. The van der Waals surface area contributed by atoms with Crippen molar-refractivity contribution in [1.29, 1.82) is 0 Å². The first-order valence-corrected chi connectivity index (χ1v) is 10.9. The Morgan fingerprint density at radius 1 is 1.18 bits per heavy atom. The summed E-state index contributed by atoms with van der Waals surface area (Å²) in [5.41, 5.74) is 9.29. The minimum atomic E-state index is -0.423. The Kier molecular flexibility index (Phi) is 6.14. The molecular weight excluding hydrogens is 416 g/mol. The molecule has 3 N–H and O–H groups in total. The van der Waals surface area contributed by atoms with Gasteiger partial charge in [-0.05, 0) is 67.4 Å². The van der Waals surface area contributed by atoms with E-state index in [1.165, 1.54) is 0 Å². The number of ether oxygens (including phenoxy) is 2. The summed E-state index contributed by atoms with van der Waals surface area (Å²) in [6.45, 7) is 3.01. The Balaban J connectivity index is 0.000000459. The van der Waals surface area contributed by atoms with Gasteiger partial charge in [-0.2, -0.15) is 0 Å². The van der Waals surface area contributed by atoms with Crippen molar-refractivity contribution in [3.63, 3.8) is 0 Å². The van der Waals surface area contributed by atoms with E-state index in [0.717, 1.165) is 47.2 Å². The Bertz CT molecular complexity index is 1220. The molecule has 2 aliphatic rings. The van der Waals surface area contributed by atoms with E-state index in [4.69, 9.17) is 15.2 Å². The maximum atomic E-state index is 13.1. The Morgan fingerprint density at radius 3 is 2.48 bits per heavy atom. The lowest BCUT2D eigenvalue weighted by molar-refractivity contribution is 0.0930. The third-order valence-electron chi connectivity index (χ3n) is 6.12. The van der Waals surface area contributed by atoms with Gasteiger partial charge in [0.25, 0.3) is 5.91 Å². The van der Waals surface area contributed by atoms with Crippen LogP contribution in [0.4, 0.5) is 5.69 Å². The number of amides is 1. The van der Waals surface area contributed by atoms with Crippen molar-refractivity contribution in [2.45, 2.75) is 25.3 Å². The lowest BCUT2D eigenvalue weighted by Gasteiger charge is -2.22. The zero-order valence-electron chi connectivity index (χ0n) is 19.5. The number of hydrogen-bond acceptors (Lipinski definition) is 6. The number of nitrogens with two attached hydrogens (primary N) is 1. The van der Waals surface area contributed by atoms with E-state index in [0.29, 0.717) is 17.0 Å². The summed E-state index contributed by atoms with van der Waals surface area (Å²) in [7, 11) is 5.23. The fourth-order valence-electron chi connectivity index (χ4n) is 3.99. The van der Waals surface area contributed by atoms with E-state index < -0.39 is 5.54 Å². The molecule has 1 saturated carbocycles. The van der Waals surface area contributed by atoms with Crippen LogP contribution in [-0.2, 0) is 5.54 Å². The Morgan fingerprint density at radius 2 is 1.91 bits per heavy atom. The molecule has 0 atom stereocenters. The number of fused-ring (bicyclic) bond motifs is 1. The predicted molar refractivity (Wildman–Crippen MR) is 131 cm³/mol. The fraction of sp³-hybridized carbons (Fsp3) is 0.308. The summed E-state index contributed by atoms with van der Waals surface area (Å²) in [5.74, 6) is 1.08. The van der Waals surface area contributed by atoms with Crippen LogP contribution in [0.3, 0.4) is 0 Å². The highest BCUT2D eigenvalue weighted by Gasteiger charge is 2.47. The van der Waals surface area contributed by atoms with E-state index in [2.05, 4.69) is 34.5 Å². The molecule has 1 fully saturated rings.